The second-order valence-electron chi connectivity index (χ2n) is 1.64. The van der Waals surface area contributed by atoms with Gasteiger partial charge < -0.3 is 0 Å². The molecule has 3 heteroatoms. The molecule has 0 amide bonds. The van der Waals surface area contributed by atoms with Crippen LogP contribution < -0.4 is 0 Å². The lowest BCUT2D eigenvalue weighted by molar-refractivity contribution is 0.595. The highest BCUT2D eigenvalue weighted by molar-refractivity contribution is 5.28. The van der Waals surface area contributed by atoms with Crippen molar-refractivity contribution in [3.8, 4) is 6.07 Å². The standard InChI is InChI=1S/C7H2F2N/c8-6-1-2-7(9)5(3-6)4-10/h1-2H. The molecule has 0 heterocycles. The summed E-state index contributed by atoms with van der Waals surface area (Å²) in [5.41, 5.74) is -0.389. The van der Waals surface area contributed by atoms with Crippen molar-refractivity contribution in [2.24, 2.45) is 0 Å². The Bertz CT molecular complexity index is 288. The summed E-state index contributed by atoms with van der Waals surface area (Å²) in [7, 11) is 0. The molecule has 0 bridgehead atoms. The molecule has 1 rings (SSSR count). The number of nitriles is 1. The average molecular weight is 138 g/mol. The fourth-order valence-electron chi connectivity index (χ4n) is 0.532. The number of halogens is 2. The van der Waals surface area contributed by atoms with Gasteiger partial charge >= 0.3 is 0 Å². The second-order valence-corrected chi connectivity index (χ2v) is 1.64. The lowest BCUT2D eigenvalue weighted by atomic mass is 10.2. The predicted octanol–water partition coefficient (Wildman–Crippen LogP) is 1.64. The minimum absolute atomic E-state index is 0.389. The van der Waals surface area contributed by atoms with E-state index < -0.39 is 11.6 Å². The van der Waals surface area contributed by atoms with Crippen LogP contribution in [0.5, 0.6) is 0 Å². The van der Waals surface area contributed by atoms with Crippen molar-refractivity contribution < 1.29 is 8.78 Å². The van der Waals surface area contributed by atoms with Crippen LogP contribution >= 0.6 is 0 Å². The van der Waals surface area contributed by atoms with E-state index in [0.717, 1.165) is 12.1 Å². The van der Waals surface area contributed by atoms with Gasteiger partial charge in [-0.05, 0) is 12.1 Å². The SMILES string of the molecule is N#Cc1[c]c(F)ccc1F. The van der Waals surface area contributed by atoms with Gasteiger partial charge in [0, 0.05) is 6.07 Å². The summed E-state index contributed by atoms with van der Waals surface area (Å²) in [6.45, 7) is 0. The quantitative estimate of drug-likeness (QED) is 0.534. The van der Waals surface area contributed by atoms with Gasteiger partial charge in [-0.25, -0.2) is 8.78 Å². The summed E-state index contributed by atoms with van der Waals surface area (Å²) in [6, 6.07) is 5.19. The number of benzene rings is 1. The van der Waals surface area contributed by atoms with E-state index >= 15 is 0 Å². The molecule has 1 nitrogen and oxygen atoms in total. The van der Waals surface area contributed by atoms with Gasteiger partial charge in [-0.2, -0.15) is 5.26 Å². The van der Waals surface area contributed by atoms with E-state index in [1.165, 1.54) is 6.07 Å². The number of rotatable bonds is 0. The fourth-order valence-corrected chi connectivity index (χ4v) is 0.532. The van der Waals surface area contributed by atoms with E-state index in [1.54, 1.807) is 0 Å². The third-order valence-corrected chi connectivity index (χ3v) is 0.971. The Hall–Kier alpha value is -1.43. The van der Waals surface area contributed by atoms with E-state index in [0.29, 0.717) is 0 Å². The monoisotopic (exact) mass is 138 g/mol. The topological polar surface area (TPSA) is 23.8 Å². The van der Waals surface area contributed by atoms with Gasteiger partial charge in [-0.15, -0.1) is 0 Å². The molecule has 0 aliphatic heterocycles. The highest BCUT2D eigenvalue weighted by Crippen LogP contribution is 2.06. The summed E-state index contributed by atoms with van der Waals surface area (Å²) in [5, 5.41) is 8.15. The van der Waals surface area contributed by atoms with Gasteiger partial charge in [0.15, 0.2) is 0 Å². The Morgan fingerprint density at radius 2 is 2.10 bits per heavy atom. The van der Waals surface area contributed by atoms with E-state index in [-0.39, 0.29) is 5.56 Å². The third kappa shape index (κ3) is 1.11. The van der Waals surface area contributed by atoms with Gasteiger partial charge in [-0.3, -0.25) is 0 Å². The van der Waals surface area contributed by atoms with Crippen LogP contribution in [0.4, 0.5) is 8.78 Å². The zero-order chi connectivity index (χ0) is 7.56. The maximum atomic E-state index is 12.3. The highest BCUT2D eigenvalue weighted by atomic mass is 19.1. The Balaban J connectivity index is 3.25. The van der Waals surface area contributed by atoms with Crippen LogP contribution in [0.25, 0.3) is 0 Å². The molecule has 0 saturated carbocycles. The Morgan fingerprint density at radius 1 is 1.40 bits per heavy atom. The number of hydrogen-bond donors (Lipinski definition) is 0. The molecule has 0 unspecified atom stereocenters. The number of hydrogen-bond acceptors (Lipinski definition) is 1. The third-order valence-electron chi connectivity index (χ3n) is 0.971. The zero-order valence-electron chi connectivity index (χ0n) is 4.86. The first kappa shape index (κ1) is 6.69. The molecule has 1 aromatic rings. The van der Waals surface area contributed by atoms with E-state index in [9.17, 15) is 8.78 Å². The van der Waals surface area contributed by atoms with Gasteiger partial charge in [0.2, 0.25) is 0 Å². The summed E-state index contributed by atoms with van der Waals surface area (Å²) in [6.07, 6.45) is 0. The van der Waals surface area contributed by atoms with Crippen LogP contribution in [0.1, 0.15) is 5.56 Å². The van der Waals surface area contributed by atoms with Crippen LogP contribution in [0, 0.1) is 29.0 Å². The van der Waals surface area contributed by atoms with Crippen LogP contribution in [-0.2, 0) is 0 Å². The van der Waals surface area contributed by atoms with Crippen LogP contribution in [-0.4, -0.2) is 0 Å². The van der Waals surface area contributed by atoms with Crippen molar-refractivity contribution in [1.82, 2.24) is 0 Å². The molecule has 49 valence electrons. The summed E-state index contributed by atoms with van der Waals surface area (Å²) < 4.78 is 24.5. The molecular weight excluding hydrogens is 136 g/mol. The van der Waals surface area contributed by atoms with Crippen molar-refractivity contribution >= 4 is 0 Å². The largest absolute Gasteiger partial charge is 0.206 e. The minimum Gasteiger partial charge on any atom is -0.206 e. The van der Waals surface area contributed by atoms with Crippen LogP contribution in [0.2, 0.25) is 0 Å². The maximum Gasteiger partial charge on any atom is 0.141 e. The Morgan fingerprint density at radius 3 is 2.60 bits per heavy atom. The van der Waals surface area contributed by atoms with Crippen molar-refractivity contribution in [2.45, 2.75) is 0 Å². The van der Waals surface area contributed by atoms with Gasteiger partial charge in [0.25, 0.3) is 0 Å². The van der Waals surface area contributed by atoms with Gasteiger partial charge in [0.05, 0.1) is 5.56 Å². The first-order chi connectivity index (χ1) is 4.74. The molecular formula is C7H2F2N. The van der Waals surface area contributed by atoms with Crippen molar-refractivity contribution in [2.75, 3.05) is 0 Å². The summed E-state index contributed by atoms with van der Waals surface area (Å²) in [4.78, 5) is 0. The molecule has 0 fully saturated rings. The number of nitrogens with zero attached hydrogens (tertiary/aromatic N) is 1. The molecule has 1 radical (unpaired) electrons. The van der Waals surface area contributed by atoms with E-state index in [1.807, 2.05) is 6.07 Å². The normalized spacial score (nSPS) is 8.90. The molecule has 0 N–H and O–H groups in total. The molecule has 1 aromatic carbocycles. The van der Waals surface area contributed by atoms with Crippen molar-refractivity contribution in [3.63, 3.8) is 0 Å². The van der Waals surface area contributed by atoms with Crippen molar-refractivity contribution in [3.05, 3.63) is 35.4 Å². The van der Waals surface area contributed by atoms with Gasteiger partial charge in [-0.1, -0.05) is 0 Å². The molecule has 0 spiro atoms. The molecule has 10 heavy (non-hydrogen) atoms. The smallest absolute Gasteiger partial charge is 0.141 e. The maximum absolute atomic E-state index is 12.3. The Labute approximate surface area is 56.5 Å². The highest BCUT2D eigenvalue weighted by Gasteiger charge is 2.01. The zero-order valence-corrected chi connectivity index (χ0v) is 4.86. The van der Waals surface area contributed by atoms with Crippen molar-refractivity contribution in [1.29, 1.82) is 5.26 Å². The molecule has 0 aromatic heterocycles. The molecule has 0 saturated heterocycles. The molecule has 0 aliphatic rings. The first-order valence-electron chi connectivity index (χ1n) is 2.51. The van der Waals surface area contributed by atoms with Crippen LogP contribution in [0.3, 0.4) is 0 Å². The average Bonchev–Trinajstić information content (AvgIpc) is 1.94. The first-order valence-corrected chi connectivity index (χ1v) is 2.51. The second kappa shape index (κ2) is 2.44. The van der Waals surface area contributed by atoms with E-state index in [2.05, 4.69) is 0 Å². The summed E-state index contributed by atoms with van der Waals surface area (Å²) >= 11 is 0. The van der Waals surface area contributed by atoms with E-state index in [4.69, 9.17) is 5.26 Å². The summed E-state index contributed by atoms with van der Waals surface area (Å²) in [5.74, 6) is -1.47. The lowest BCUT2D eigenvalue weighted by Gasteiger charge is -1.89. The lowest BCUT2D eigenvalue weighted by Crippen LogP contribution is -1.84. The molecule has 0 atom stereocenters. The molecule has 0 aliphatic carbocycles. The fraction of sp³-hybridized carbons (Fsp3) is 0. The minimum atomic E-state index is -0.746. The van der Waals surface area contributed by atoms with Gasteiger partial charge in [0.1, 0.15) is 17.7 Å². The Kier molecular flexibility index (Phi) is 1.63. The van der Waals surface area contributed by atoms with Crippen LogP contribution in [0.15, 0.2) is 12.1 Å². The predicted molar refractivity (Wildman–Crippen MR) is 29.9 cm³/mol.